The zero-order valence-electron chi connectivity index (χ0n) is 11.8. The summed E-state index contributed by atoms with van der Waals surface area (Å²) in [6, 6.07) is 14.6. The highest BCUT2D eigenvalue weighted by Crippen LogP contribution is 2.23. The molecular formula is C17H18O3. The number of esters is 1. The lowest BCUT2D eigenvalue weighted by molar-refractivity contribution is 0.0730. The van der Waals surface area contributed by atoms with Gasteiger partial charge in [0.2, 0.25) is 0 Å². The monoisotopic (exact) mass is 270 g/mol. The molecule has 0 aliphatic heterocycles. The van der Waals surface area contributed by atoms with Crippen LogP contribution in [0.4, 0.5) is 0 Å². The van der Waals surface area contributed by atoms with Crippen molar-refractivity contribution in [1.82, 2.24) is 0 Å². The SMILES string of the molecule is CCOc1cc(CC)ccc1C(=O)Oc1ccccc1. The number of para-hydroxylation sites is 1. The van der Waals surface area contributed by atoms with Crippen molar-refractivity contribution in [2.75, 3.05) is 6.61 Å². The van der Waals surface area contributed by atoms with Crippen molar-refractivity contribution in [3.8, 4) is 11.5 Å². The average molecular weight is 270 g/mol. The second kappa shape index (κ2) is 6.75. The van der Waals surface area contributed by atoms with E-state index in [-0.39, 0.29) is 0 Å². The molecule has 0 bridgehead atoms. The van der Waals surface area contributed by atoms with Crippen LogP contribution in [0.1, 0.15) is 29.8 Å². The summed E-state index contributed by atoms with van der Waals surface area (Å²) >= 11 is 0. The van der Waals surface area contributed by atoms with Crippen LogP contribution >= 0.6 is 0 Å². The van der Waals surface area contributed by atoms with E-state index in [2.05, 4.69) is 6.92 Å². The number of carbonyl (C=O) groups is 1. The Hall–Kier alpha value is -2.29. The largest absolute Gasteiger partial charge is 0.493 e. The van der Waals surface area contributed by atoms with Gasteiger partial charge in [0.05, 0.1) is 6.61 Å². The molecule has 104 valence electrons. The fourth-order valence-corrected chi connectivity index (χ4v) is 1.88. The van der Waals surface area contributed by atoms with E-state index in [0.717, 1.165) is 12.0 Å². The number of carbonyl (C=O) groups excluding carboxylic acids is 1. The summed E-state index contributed by atoms with van der Waals surface area (Å²) in [4.78, 5) is 12.2. The number of hydrogen-bond donors (Lipinski definition) is 0. The average Bonchev–Trinajstić information content (AvgIpc) is 2.48. The van der Waals surface area contributed by atoms with Crippen LogP contribution in [-0.4, -0.2) is 12.6 Å². The lowest BCUT2D eigenvalue weighted by Gasteiger charge is -2.11. The van der Waals surface area contributed by atoms with Crippen molar-refractivity contribution in [3.63, 3.8) is 0 Å². The highest BCUT2D eigenvalue weighted by Gasteiger charge is 2.15. The van der Waals surface area contributed by atoms with Gasteiger partial charge in [-0.25, -0.2) is 4.79 Å². The molecule has 0 aromatic heterocycles. The molecule has 2 aromatic carbocycles. The van der Waals surface area contributed by atoms with Gasteiger partial charge in [0.15, 0.2) is 0 Å². The van der Waals surface area contributed by atoms with Gasteiger partial charge in [0.25, 0.3) is 0 Å². The standard InChI is InChI=1S/C17H18O3/c1-3-13-10-11-15(16(12-13)19-4-2)17(18)20-14-8-6-5-7-9-14/h5-12H,3-4H2,1-2H3. The predicted octanol–water partition coefficient (Wildman–Crippen LogP) is 3.87. The van der Waals surface area contributed by atoms with Crippen molar-refractivity contribution >= 4 is 5.97 Å². The van der Waals surface area contributed by atoms with Crippen molar-refractivity contribution in [2.24, 2.45) is 0 Å². The minimum Gasteiger partial charge on any atom is -0.493 e. The maximum Gasteiger partial charge on any atom is 0.347 e. The first-order chi connectivity index (χ1) is 9.74. The van der Waals surface area contributed by atoms with Crippen LogP contribution in [0.2, 0.25) is 0 Å². The van der Waals surface area contributed by atoms with Gasteiger partial charge in [0, 0.05) is 0 Å². The van der Waals surface area contributed by atoms with E-state index in [1.165, 1.54) is 0 Å². The Labute approximate surface area is 119 Å². The van der Waals surface area contributed by atoms with E-state index in [0.29, 0.717) is 23.7 Å². The molecule has 0 aliphatic rings. The van der Waals surface area contributed by atoms with Gasteiger partial charge in [-0.15, -0.1) is 0 Å². The summed E-state index contributed by atoms with van der Waals surface area (Å²) in [5.74, 6) is 0.703. The zero-order chi connectivity index (χ0) is 14.4. The molecule has 3 heteroatoms. The molecule has 0 aliphatic carbocycles. The number of aryl methyl sites for hydroxylation is 1. The van der Waals surface area contributed by atoms with Crippen LogP contribution < -0.4 is 9.47 Å². The lowest BCUT2D eigenvalue weighted by Crippen LogP contribution is -2.11. The number of ether oxygens (including phenoxy) is 2. The minimum atomic E-state index is -0.401. The molecule has 0 unspecified atom stereocenters. The summed E-state index contributed by atoms with van der Waals surface area (Å²) in [5, 5.41) is 0. The summed E-state index contributed by atoms with van der Waals surface area (Å²) in [5.41, 5.74) is 1.58. The maximum atomic E-state index is 12.2. The fraction of sp³-hybridized carbons (Fsp3) is 0.235. The second-order valence-electron chi connectivity index (χ2n) is 4.32. The molecule has 2 aromatic rings. The normalized spacial score (nSPS) is 10.1. The summed E-state index contributed by atoms with van der Waals surface area (Å²) < 4.78 is 10.9. The molecule has 0 amide bonds. The van der Waals surface area contributed by atoms with Gasteiger partial charge >= 0.3 is 5.97 Å². The Morgan fingerprint density at radius 2 is 1.80 bits per heavy atom. The van der Waals surface area contributed by atoms with Gasteiger partial charge in [-0.3, -0.25) is 0 Å². The van der Waals surface area contributed by atoms with E-state index in [1.54, 1.807) is 18.2 Å². The molecule has 0 saturated carbocycles. The van der Waals surface area contributed by atoms with Crippen LogP contribution in [0.25, 0.3) is 0 Å². The Morgan fingerprint density at radius 3 is 2.45 bits per heavy atom. The van der Waals surface area contributed by atoms with Crippen molar-refractivity contribution in [2.45, 2.75) is 20.3 Å². The number of benzene rings is 2. The summed E-state index contributed by atoms with van der Waals surface area (Å²) in [6.07, 6.45) is 0.897. The van der Waals surface area contributed by atoms with Gasteiger partial charge < -0.3 is 9.47 Å². The van der Waals surface area contributed by atoms with Gasteiger partial charge in [-0.05, 0) is 43.2 Å². The Kier molecular flexibility index (Phi) is 4.77. The van der Waals surface area contributed by atoms with E-state index < -0.39 is 5.97 Å². The van der Waals surface area contributed by atoms with Crippen LogP contribution in [0.15, 0.2) is 48.5 Å². The summed E-state index contributed by atoms with van der Waals surface area (Å²) in [7, 11) is 0. The molecular weight excluding hydrogens is 252 g/mol. The number of rotatable bonds is 5. The first-order valence-electron chi connectivity index (χ1n) is 6.77. The third kappa shape index (κ3) is 3.38. The van der Waals surface area contributed by atoms with Crippen LogP contribution in [0.3, 0.4) is 0 Å². The molecule has 20 heavy (non-hydrogen) atoms. The molecule has 0 N–H and O–H groups in total. The quantitative estimate of drug-likeness (QED) is 0.611. The highest BCUT2D eigenvalue weighted by atomic mass is 16.5. The Balaban J connectivity index is 2.24. The van der Waals surface area contributed by atoms with E-state index in [9.17, 15) is 4.79 Å². The predicted molar refractivity (Wildman–Crippen MR) is 78.4 cm³/mol. The van der Waals surface area contributed by atoms with Gasteiger partial charge in [-0.1, -0.05) is 31.2 Å². The van der Waals surface area contributed by atoms with Gasteiger partial charge in [0.1, 0.15) is 17.1 Å². The molecule has 0 radical (unpaired) electrons. The van der Waals surface area contributed by atoms with Crippen LogP contribution in [0, 0.1) is 0 Å². The van der Waals surface area contributed by atoms with E-state index in [1.807, 2.05) is 37.3 Å². The Morgan fingerprint density at radius 1 is 1.05 bits per heavy atom. The third-order valence-electron chi connectivity index (χ3n) is 2.93. The van der Waals surface area contributed by atoms with Crippen molar-refractivity contribution in [3.05, 3.63) is 59.7 Å². The maximum absolute atomic E-state index is 12.2. The topological polar surface area (TPSA) is 35.5 Å². The molecule has 0 atom stereocenters. The molecule has 0 fully saturated rings. The first-order valence-corrected chi connectivity index (χ1v) is 6.77. The first kappa shape index (κ1) is 14.1. The molecule has 2 rings (SSSR count). The zero-order valence-corrected chi connectivity index (χ0v) is 11.8. The molecule has 0 heterocycles. The number of hydrogen-bond acceptors (Lipinski definition) is 3. The molecule has 0 saturated heterocycles. The second-order valence-corrected chi connectivity index (χ2v) is 4.32. The highest BCUT2D eigenvalue weighted by molar-refractivity contribution is 5.94. The minimum absolute atomic E-state index is 0.401. The van der Waals surface area contributed by atoms with Crippen LogP contribution in [0.5, 0.6) is 11.5 Å². The van der Waals surface area contributed by atoms with Crippen molar-refractivity contribution < 1.29 is 14.3 Å². The summed E-state index contributed by atoms with van der Waals surface area (Å²) in [6.45, 7) is 4.47. The lowest BCUT2D eigenvalue weighted by atomic mass is 10.1. The van der Waals surface area contributed by atoms with E-state index >= 15 is 0 Å². The fourth-order valence-electron chi connectivity index (χ4n) is 1.88. The molecule has 3 nitrogen and oxygen atoms in total. The molecule has 0 spiro atoms. The smallest absolute Gasteiger partial charge is 0.347 e. The van der Waals surface area contributed by atoms with Gasteiger partial charge in [-0.2, -0.15) is 0 Å². The van der Waals surface area contributed by atoms with Crippen LogP contribution in [-0.2, 0) is 6.42 Å². The third-order valence-corrected chi connectivity index (χ3v) is 2.93. The van der Waals surface area contributed by atoms with E-state index in [4.69, 9.17) is 9.47 Å². The Bertz CT molecular complexity index is 576. The van der Waals surface area contributed by atoms with Crippen molar-refractivity contribution in [1.29, 1.82) is 0 Å².